The summed E-state index contributed by atoms with van der Waals surface area (Å²) in [6.07, 6.45) is 0. The van der Waals surface area contributed by atoms with Crippen molar-refractivity contribution < 1.29 is 4.79 Å². The van der Waals surface area contributed by atoms with Crippen molar-refractivity contribution in [3.05, 3.63) is 52.4 Å². The van der Waals surface area contributed by atoms with Gasteiger partial charge in [-0.15, -0.1) is 21.5 Å². The summed E-state index contributed by atoms with van der Waals surface area (Å²) < 4.78 is 1.93. The fourth-order valence-corrected chi connectivity index (χ4v) is 4.06. The van der Waals surface area contributed by atoms with Gasteiger partial charge in [0.15, 0.2) is 11.0 Å². The average molecular weight is 387 g/mol. The van der Waals surface area contributed by atoms with Crippen LogP contribution in [0.2, 0.25) is 0 Å². The van der Waals surface area contributed by atoms with E-state index in [1.165, 1.54) is 22.9 Å². The highest BCUT2D eigenvalue weighted by atomic mass is 32.2. The number of aromatic nitrogens is 3. The lowest BCUT2D eigenvalue weighted by Gasteiger charge is -2.15. The molecule has 0 saturated heterocycles. The Morgan fingerprint density at radius 2 is 2.08 bits per heavy atom. The van der Waals surface area contributed by atoms with Crippen molar-refractivity contribution in [2.45, 2.75) is 32.0 Å². The Kier molecular flexibility index (Phi) is 5.78. The molecular weight excluding hydrogens is 364 g/mol. The van der Waals surface area contributed by atoms with Gasteiger partial charge in [0, 0.05) is 7.05 Å². The molecule has 3 aromatic rings. The predicted molar refractivity (Wildman–Crippen MR) is 108 cm³/mol. The van der Waals surface area contributed by atoms with Crippen molar-refractivity contribution in [2.24, 2.45) is 7.05 Å². The van der Waals surface area contributed by atoms with E-state index in [0.29, 0.717) is 5.75 Å². The molecule has 0 spiro atoms. The third kappa shape index (κ3) is 4.16. The molecule has 0 aliphatic rings. The molecule has 0 bridgehead atoms. The fourth-order valence-electron chi connectivity index (χ4n) is 2.59. The second-order valence-corrected chi connectivity index (χ2v) is 8.15. The van der Waals surface area contributed by atoms with Gasteiger partial charge in [-0.3, -0.25) is 4.79 Å². The summed E-state index contributed by atoms with van der Waals surface area (Å²) >= 11 is 3.02. The lowest BCUT2D eigenvalue weighted by Crippen LogP contribution is -2.28. The summed E-state index contributed by atoms with van der Waals surface area (Å²) in [5.41, 5.74) is 3.61. The van der Waals surface area contributed by atoms with Crippen molar-refractivity contribution in [1.29, 1.82) is 0 Å². The first-order valence-corrected chi connectivity index (χ1v) is 10.2. The standard InChI is InChI=1S/C19H22N4OS2/c1-12-7-8-15(10-13(12)2)14(3)20-17(24)11-26-19-22-21-18(23(19)4)16-6-5-9-25-16/h5-10,14H,11H2,1-4H3,(H,20,24). The highest BCUT2D eigenvalue weighted by Gasteiger charge is 2.15. The summed E-state index contributed by atoms with van der Waals surface area (Å²) in [7, 11) is 1.92. The molecule has 0 aliphatic heterocycles. The van der Waals surface area contributed by atoms with Crippen molar-refractivity contribution in [1.82, 2.24) is 20.1 Å². The molecule has 7 heteroatoms. The van der Waals surface area contributed by atoms with Crippen molar-refractivity contribution in [3.63, 3.8) is 0 Å². The number of aryl methyl sites for hydroxylation is 2. The summed E-state index contributed by atoms with van der Waals surface area (Å²) in [4.78, 5) is 13.4. The van der Waals surface area contributed by atoms with Gasteiger partial charge in [-0.2, -0.15) is 0 Å². The number of carbonyl (C=O) groups excluding carboxylic acids is 1. The minimum Gasteiger partial charge on any atom is -0.349 e. The van der Waals surface area contributed by atoms with Crippen LogP contribution in [0.5, 0.6) is 0 Å². The van der Waals surface area contributed by atoms with Crippen molar-refractivity contribution >= 4 is 29.0 Å². The van der Waals surface area contributed by atoms with Crippen LogP contribution in [-0.4, -0.2) is 26.4 Å². The van der Waals surface area contributed by atoms with Crippen LogP contribution >= 0.6 is 23.1 Å². The quantitative estimate of drug-likeness (QED) is 0.647. The van der Waals surface area contributed by atoms with E-state index in [2.05, 4.69) is 47.6 Å². The largest absolute Gasteiger partial charge is 0.349 e. The summed E-state index contributed by atoms with van der Waals surface area (Å²) in [5, 5.41) is 14.2. The van der Waals surface area contributed by atoms with Crippen LogP contribution in [0.4, 0.5) is 0 Å². The topological polar surface area (TPSA) is 59.8 Å². The van der Waals surface area contributed by atoms with Crippen LogP contribution in [0.15, 0.2) is 40.9 Å². The molecule has 26 heavy (non-hydrogen) atoms. The lowest BCUT2D eigenvalue weighted by atomic mass is 10.0. The third-order valence-electron chi connectivity index (χ3n) is 4.32. The van der Waals surface area contributed by atoms with E-state index in [4.69, 9.17) is 0 Å². The van der Waals surface area contributed by atoms with Crippen LogP contribution in [-0.2, 0) is 11.8 Å². The predicted octanol–water partition coefficient (Wildman–Crippen LogP) is 4.13. The number of hydrogen-bond donors (Lipinski definition) is 1. The molecule has 0 radical (unpaired) electrons. The summed E-state index contributed by atoms with van der Waals surface area (Å²) in [6.45, 7) is 6.18. The maximum atomic E-state index is 12.3. The van der Waals surface area contributed by atoms with Crippen LogP contribution in [0.1, 0.15) is 29.7 Å². The van der Waals surface area contributed by atoms with Gasteiger partial charge in [-0.25, -0.2) is 0 Å². The molecule has 0 saturated carbocycles. The molecule has 1 atom stereocenters. The first-order chi connectivity index (χ1) is 12.5. The van der Waals surface area contributed by atoms with Gasteiger partial charge in [-0.1, -0.05) is 36.0 Å². The minimum absolute atomic E-state index is 0.0126. The number of rotatable bonds is 6. The third-order valence-corrected chi connectivity index (χ3v) is 6.20. The summed E-state index contributed by atoms with van der Waals surface area (Å²) in [5.74, 6) is 1.12. The van der Waals surface area contributed by atoms with E-state index >= 15 is 0 Å². The number of hydrogen-bond acceptors (Lipinski definition) is 5. The second-order valence-electron chi connectivity index (χ2n) is 6.26. The molecule has 1 unspecified atom stereocenters. The zero-order valence-electron chi connectivity index (χ0n) is 15.3. The van der Waals surface area contributed by atoms with Gasteiger partial charge < -0.3 is 9.88 Å². The molecule has 1 N–H and O–H groups in total. The van der Waals surface area contributed by atoms with E-state index in [1.54, 1.807) is 11.3 Å². The second kappa shape index (κ2) is 8.05. The van der Waals surface area contributed by atoms with Gasteiger partial charge >= 0.3 is 0 Å². The molecule has 2 heterocycles. The zero-order valence-corrected chi connectivity index (χ0v) is 16.9. The first kappa shape index (κ1) is 18.7. The molecule has 5 nitrogen and oxygen atoms in total. The van der Waals surface area contributed by atoms with Gasteiger partial charge in [0.25, 0.3) is 0 Å². The van der Waals surface area contributed by atoms with E-state index in [9.17, 15) is 4.79 Å². The van der Waals surface area contributed by atoms with Gasteiger partial charge in [0.2, 0.25) is 5.91 Å². The molecule has 0 aliphatic carbocycles. The van der Waals surface area contributed by atoms with E-state index in [1.807, 2.05) is 36.1 Å². The maximum Gasteiger partial charge on any atom is 0.230 e. The molecule has 1 aromatic carbocycles. The van der Waals surface area contributed by atoms with Gasteiger partial charge in [0.1, 0.15) is 0 Å². The van der Waals surface area contributed by atoms with Crippen molar-refractivity contribution in [3.8, 4) is 10.7 Å². The van der Waals surface area contributed by atoms with E-state index in [-0.39, 0.29) is 11.9 Å². The highest BCUT2D eigenvalue weighted by Crippen LogP contribution is 2.26. The Bertz CT molecular complexity index is 902. The number of amides is 1. The smallest absolute Gasteiger partial charge is 0.230 e. The number of nitrogens with zero attached hydrogens (tertiary/aromatic N) is 3. The molecule has 3 rings (SSSR count). The number of carbonyl (C=O) groups is 1. The molecule has 136 valence electrons. The minimum atomic E-state index is -0.0245. The molecule has 2 aromatic heterocycles. The summed E-state index contributed by atoms with van der Waals surface area (Å²) in [6, 6.07) is 10.3. The average Bonchev–Trinajstić information content (AvgIpc) is 3.25. The molecular formula is C19H22N4OS2. The van der Waals surface area contributed by atoms with Crippen molar-refractivity contribution in [2.75, 3.05) is 5.75 Å². The molecule has 0 fully saturated rings. The first-order valence-electron chi connectivity index (χ1n) is 8.38. The van der Waals surface area contributed by atoms with Gasteiger partial charge in [-0.05, 0) is 48.9 Å². The Morgan fingerprint density at radius 1 is 1.27 bits per heavy atom. The van der Waals surface area contributed by atoms with Crippen LogP contribution in [0.3, 0.4) is 0 Å². The number of nitrogens with one attached hydrogen (secondary N) is 1. The zero-order chi connectivity index (χ0) is 18.7. The van der Waals surface area contributed by atoms with Crippen LogP contribution in [0, 0.1) is 13.8 Å². The SMILES string of the molecule is Cc1ccc(C(C)NC(=O)CSc2nnc(-c3cccs3)n2C)cc1C. The van der Waals surface area contributed by atoms with E-state index in [0.717, 1.165) is 21.4 Å². The van der Waals surface area contributed by atoms with Gasteiger partial charge in [0.05, 0.1) is 16.7 Å². The Hall–Kier alpha value is -2.12. The maximum absolute atomic E-state index is 12.3. The normalized spacial score (nSPS) is 12.2. The van der Waals surface area contributed by atoms with Crippen LogP contribution in [0.25, 0.3) is 10.7 Å². The van der Waals surface area contributed by atoms with Crippen LogP contribution < -0.4 is 5.32 Å². The Balaban J connectivity index is 1.58. The Morgan fingerprint density at radius 3 is 2.77 bits per heavy atom. The monoisotopic (exact) mass is 386 g/mol. The Labute approximate surface area is 161 Å². The highest BCUT2D eigenvalue weighted by molar-refractivity contribution is 7.99. The number of thioether (sulfide) groups is 1. The fraction of sp³-hybridized carbons (Fsp3) is 0.316. The number of benzene rings is 1. The molecule has 1 amide bonds. The lowest BCUT2D eigenvalue weighted by molar-refractivity contribution is -0.119. The number of thiophene rings is 1. The van der Waals surface area contributed by atoms with E-state index < -0.39 is 0 Å².